The van der Waals surface area contributed by atoms with Crippen LogP contribution in [0.5, 0.6) is 11.5 Å². The van der Waals surface area contributed by atoms with Gasteiger partial charge in [0, 0.05) is 52.9 Å². The van der Waals surface area contributed by atoms with E-state index in [0.29, 0.717) is 16.7 Å². The molecule has 7 rings (SSSR count). The van der Waals surface area contributed by atoms with Gasteiger partial charge in [-0.15, -0.1) is 0 Å². The van der Waals surface area contributed by atoms with Crippen molar-refractivity contribution in [3.05, 3.63) is 113 Å². The number of hydrogen-bond acceptors (Lipinski definition) is 5. The zero-order valence-electron chi connectivity index (χ0n) is 24.7. The van der Waals surface area contributed by atoms with E-state index in [9.17, 15) is 4.79 Å². The van der Waals surface area contributed by atoms with Gasteiger partial charge in [-0.2, -0.15) is 0 Å². The van der Waals surface area contributed by atoms with Crippen LogP contribution in [0.3, 0.4) is 0 Å². The number of hydrogen-bond donors (Lipinski definition) is 1. The number of anilines is 3. The van der Waals surface area contributed by atoms with Crippen molar-refractivity contribution in [1.29, 1.82) is 0 Å². The lowest BCUT2D eigenvalue weighted by Crippen LogP contribution is -2.33. The third-order valence-corrected chi connectivity index (χ3v) is 9.46. The van der Waals surface area contributed by atoms with Crippen LogP contribution in [-0.4, -0.2) is 19.1 Å². The molecule has 3 heterocycles. The van der Waals surface area contributed by atoms with Crippen molar-refractivity contribution in [2.45, 2.75) is 58.5 Å². The molecule has 1 unspecified atom stereocenters. The molecule has 214 valence electrons. The number of aryl methyl sites for hydroxylation is 1. The van der Waals surface area contributed by atoms with Gasteiger partial charge >= 0.3 is 5.97 Å². The third kappa shape index (κ3) is 4.17. The largest absolute Gasteiger partial charge is 0.456 e. The summed E-state index contributed by atoms with van der Waals surface area (Å²) in [6.45, 7) is 8.79. The number of fused-ring (bicyclic) bond motifs is 6. The predicted octanol–water partition coefficient (Wildman–Crippen LogP) is 9.10. The van der Waals surface area contributed by atoms with Gasteiger partial charge in [0.2, 0.25) is 0 Å². The molecule has 0 saturated carbocycles. The summed E-state index contributed by atoms with van der Waals surface area (Å²) < 4.78 is 13.2. The Hall–Kier alpha value is -4.25. The Kier molecular flexibility index (Phi) is 6.49. The van der Waals surface area contributed by atoms with Crippen molar-refractivity contribution >= 4 is 23.0 Å². The molecule has 5 heteroatoms. The highest BCUT2D eigenvalue weighted by Crippen LogP contribution is 2.57. The van der Waals surface area contributed by atoms with Crippen LogP contribution in [0, 0.1) is 12.3 Å². The summed E-state index contributed by atoms with van der Waals surface area (Å²) in [5, 5.41) is 3.56. The molecule has 4 aromatic carbocycles. The van der Waals surface area contributed by atoms with Crippen LogP contribution in [0.1, 0.15) is 78.6 Å². The lowest BCUT2D eigenvalue weighted by molar-refractivity contribution is 0.0224. The monoisotopic (exact) mass is 558 g/mol. The van der Waals surface area contributed by atoms with E-state index in [0.717, 1.165) is 58.2 Å². The SMILES string of the molecule is CCCC1(CCC)CCN(c2ccc3c(c2)Oc2cc(C)c(Nc4ccccc4)cc2C32OC(=O)c3ccccc32)C1. The molecule has 0 bridgehead atoms. The Morgan fingerprint density at radius 2 is 1.57 bits per heavy atom. The first-order valence-electron chi connectivity index (χ1n) is 15.3. The molecular weight excluding hydrogens is 520 g/mol. The number of nitrogens with one attached hydrogen (secondary N) is 1. The minimum Gasteiger partial charge on any atom is -0.456 e. The van der Waals surface area contributed by atoms with Gasteiger partial charge in [0.05, 0.1) is 5.56 Å². The molecule has 0 aromatic heterocycles. The molecule has 1 fully saturated rings. The molecule has 42 heavy (non-hydrogen) atoms. The Morgan fingerprint density at radius 1 is 0.833 bits per heavy atom. The Balaban J connectivity index is 1.35. The molecule has 1 atom stereocenters. The lowest BCUT2D eigenvalue weighted by Gasteiger charge is -2.38. The fourth-order valence-corrected chi connectivity index (χ4v) is 7.57. The van der Waals surface area contributed by atoms with Gasteiger partial charge in [-0.3, -0.25) is 0 Å². The normalized spacial score (nSPS) is 19.6. The third-order valence-electron chi connectivity index (χ3n) is 9.46. The van der Waals surface area contributed by atoms with Crippen LogP contribution >= 0.6 is 0 Å². The summed E-state index contributed by atoms with van der Waals surface area (Å²) in [7, 11) is 0. The molecular formula is C37H38N2O3. The molecule has 5 nitrogen and oxygen atoms in total. The molecule has 1 saturated heterocycles. The number of ether oxygens (including phenoxy) is 2. The minimum atomic E-state index is -1.09. The van der Waals surface area contributed by atoms with E-state index >= 15 is 0 Å². The number of benzene rings is 4. The van der Waals surface area contributed by atoms with Crippen LogP contribution in [0.4, 0.5) is 17.1 Å². The van der Waals surface area contributed by atoms with E-state index in [1.165, 1.54) is 32.1 Å². The van der Waals surface area contributed by atoms with E-state index < -0.39 is 5.60 Å². The summed E-state index contributed by atoms with van der Waals surface area (Å²) in [4.78, 5) is 15.9. The summed E-state index contributed by atoms with van der Waals surface area (Å²) in [6, 6.07) is 28.5. The smallest absolute Gasteiger partial charge is 0.340 e. The zero-order valence-corrected chi connectivity index (χ0v) is 24.7. The van der Waals surface area contributed by atoms with Gasteiger partial charge in [-0.05, 0) is 79.6 Å². The van der Waals surface area contributed by atoms with Crippen LogP contribution in [0.15, 0.2) is 84.9 Å². The van der Waals surface area contributed by atoms with Gasteiger partial charge in [0.25, 0.3) is 0 Å². The number of rotatable bonds is 7. The Morgan fingerprint density at radius 3 is 2.36 bits per heavy atom. The maximum Gasteiger partial charge on any atom is 0.340 e. The number of nitrogens with zero attached hydrogens (tertiary/aromatic N) is 1. The van der Waals surface area contributed by atoms with E-state index in [1.54, 1.807) is 0 Å². The van der Waals surface area contributed by atoms with Crippen molar-refractivity contribution in [3.63, 3.8) is 0 Å². The molecule has 4 aromatic rings. The number of carbonyl (C=O) groups is 1. The second-order valence-electron chi connectivity index (χ2n) is 12.2. The highest BCUT2D eigenvalue weighted by atomic mass is 16.6. The van der Waals surface area contributed by atoms with Crippen LogP contribution < -0.4 is 15.0 Å². The second kappa shape index (κ2) is 10.2. The fourth-order valence-electron chi connectivity index (χ4n) is 7.57. The van der Waals surface area contributed by atoms with E-state index in [2.05, 4.69) is 61.3 Å². The van der Waals surface area contributed by atoms with Crippen LogP contribution in [0.2, 0.25) is 0 Å². The number of carbonyl (C=O) groups excluding carboxylic acids is 1. The zero-order chi connectivity index (χ0) is 28.9. The molecule has 3 aliphatic heterocycles. The first-order valence-corrected chi connectivity index (χ1v) is 15.3. The fraction of sp³-hybridized carbons (Fsp3) is 0.324. The number of para-hydroxylation sites is 1. The van der Waals surface area contributed by atoms with E-state index in [4.69, 9.17) is 9.47 Å². The number of esters is 1. The Bertz CT molecular complexity index is 1660. The van der Waals surface area contributed by atoms with Crippen LogP contribution in [-0.2, 0) is 10.3 Å². The van der Waals surface area contributed by atoms with Crippen molar-refractivity contribution in [2.75, 3.05) is 23.3 Å². The van der Waals surface area contributed by atoms with E-state index in [1.807, 2.05) is 54.6 Å². The average molecular weight is 559 g/mol. The molecule has 0 radical (unpaired) electrons. The van der Waals surface area contributed by atoms with Crippen molar-refractivity contribution in [1.82, 2.24) is 0 Å². The van der Waals surface area contributed by atoms with Crippen molar-refractivity contribution in [2.24, 2.45) is 5.41 Å². The summed E-state index contributed by atoms with van der Waals surface area (Å²) >= 11 is 0. The molecule has 0 aliphatic carbocycles. The molecule has 3 aliphatic rings. The topological polar surface area (TPSA) is 50.8 Å². The predicted molar refractivity (Wildman–Crippen MR) is 168 cm³/mol. The highest BCUT2D eigenvalue weighted by molar-refractivity contribution is 5.97. The van der Waals surface area contributed by atoms with Crippen molar-refractivity contribution < 1.29 is 14.3 Å². The minimum absolute atomic E-state index is 0.310. The first kappa shape index (κ1) is 26.6. The van der Waals surface area contributed by atoms with Crippen molar-refractivity contribution in [3.8, 4) is 11.5 Å². The molecule has 1 N–H and O–H groups in total. The maximum atomic E-state index is 13.4. The van der Waals surface area contributed by atoms with Crippen LogP contribution in [0.25, 0.3) is 0 Å². The van der Waals surface area contributed by atoms with Gasteiger partial charge < -0.3 is 19.7 Å². The Labute approximate surface area is 248 Å². The standard InChI is InChI=1S/C37H38N2O3/c1-4-17-36(18-5-2)19-20-39(24-36)27-15-16-30-34(22-27)41-33-21-25(3)32(38-26-11-7-6-8-12-26)23-31(33)37(30)29-14-10-9-13-28(29)35(40)42-37/h6-16,21-23,38H,4-5,17-20,24H2,1-3H3. The summed E-state index contributed by atoms with van der Waals surface area (Å²) in [6.07, 6.45) is 6.18. The first-order chi connectivity index (χ1) is 20.5. The maximum absolute atomic E-state index is 13.4. The van der Waals surface area contributed by atoms with Gasteiger partial charge in [-0.1, -0.05) is 63.1 Å². The summed E-state index contributed by atoms with van der Waals surface area (Å²) in [5.74, 6) is 1.15. The van der Waals surface area contributed by atoms with Gasteiger partial charge in [-0.25, -0.2) is 4.79 Å². The molecule has 1 spiro atoms. The average Bonchev–Trinajstić information content (AvgIpc) is 3.54. The molecule has 0 amide bonds. The second-order valence-corrected chi connectivity index (χ2v) is 12.2. The van der Waals surface area contributed by atoms with Gasteiger partial charge in [0.15, 0.2) is 5.60 Å². The summed E-state index contributed by atoms with van der Waals surface area (Å²) in [5.41, 5.74) is 6.59. The quantitative estimate of drug-likeness (QED) is 0.229. The lowest BCUT2D eigenvalue weighted by atomic mass is 9.77. The van der Waals surface area contributed by atoms with E-state index in [-0.39, 0.29) is 5.97 Å². The highest BCUT2D eigenvalue weighted by Gasteiger charge is 2.54. The van der Waals surface area contributed by atoms with Gasteiger partial charge in [0.1, 0.15) is 11.5 Å².